The van der Waals surface area contributed by atoms with E-state index in [-0.39, 0.29) is 12.5 Å². The van der Waals surface area contributed by atoms with Gasteiger partial charge in [-0.25, -0.2) is 4.79 Å². The maximum absolute atomic E-state index is 13.1. The lowest BCUT2D eigenvalue weighted by Gasteiger charge is -2.23. The van der Waals surface area contributed by atoms with Crippen LogP contribution in [-0.4, -0.2) is 35.7 Å². The number of carboxylic acid groups (broad SMARTS) is 1. The van der Waals surface area contributed by atoms with Gasteiger partial charge in [0.15, 0.2) is 0 Å². The van der Waals surface area contributed by atoms with Crippen molar-refractivity contribution >= 4 is 29.3 Å². The molecule has 2 aromatic carbocycles. The second kappa shape index (κ2) is 9.92. The number of fused-ring (bicyclic) bond motifs is 3. The number of rotatable bonds is 7. The second-order valence-electron chi connectivity index (χ2n) is 8.91. The molecule has 3 aromatic rings. The third-order valence-electron chi connectivity index (χ3n) is 6.86. The van der Waals surface area contributed by atoms with Crippen LogP contribution < -0.4 is 10.6 Å². The Kier molecular flexibility index (Phi) is 6.55. The van der Waals surface area contributed by atoms with Gasteiger partial charge >= 0.3 is 12.1 Å². The van der Waals surface area contributed by atoms with Crippen LogP contribution in [-0.2, 0) is 14.3 Å². The molecule has 8 heteroatoms. The lowest BCUT2D eigenvalue weighted by Crippen LogP contribution is -2.46. The summed E-state index contributed by atoms with van der Waals surface area (Å²) in [5, 5.41) is 16.8. The van der Waals surface area contributed by atoms with Crippen molar-refractivity contribution in [3.8, 4) is 11.1 Å². The number of hydrogen-bond donors (Lipinski definition) is 3. The maximum atomic E-state index is 13.1. The van der Waals surface area contributed by atoms with E-state index in [4.69, 9.17) is 4.74 Å². The zero-order chi connectivity index (χ0) is 24.4. The SMILES string of the molecule is O=C(NC(C(=O)NC1CCCC1C(=O)O)c1cccs1)OCC1c2ccccc2-c2ccccc21. The number of aliphatic carboxylic acids is 1. The average Bonchev–Trinajstić information content (AvgIpc) is 3.61. The van der Waals surface area contributed by atoms with E-state index in [1.165, 1.54) is 11.3 Å². The quantitative estimate of drug-likeness (QED) is 0.445. The molecule has 3 unspecified atom stereocenters. The van der Waals surface area contributed by atoms with Gasteiger partial charge in [-0.05, 0) is 46.5 Å². The third-order valence-corrected chi connectivity index (χ3v) is 7.79. The number of alkyl carbamates (subject to hydrolysis) is 1. The van der Waals surface area contributed by atoms with Crippen LogP contribution >= 0.6 is 11.3 Å². The Morgan fingerprint density at radius 2 is 1.66 bits per heavy atom. The first-order valence-electron chi connectivity index (χ1n) is 11.7. The summed E-state index contributed by atoms with van der Waals surface area (Å²) < 4.78 is 5.63. The molecule has 1 heterocycles. The van der Waals surface area contributed by atoms with Gasteiger partial charge in [0.2, 0.25) is 5.91 Å². The highest BCUT2D eigenvalue weighted by Crippen LogP contribution is 2.44. The van der Waals surface area contributed by atoms with Crippen molar-refractivity contribution in [1.29, 1.82) is 0 Å². The normalized spacial score (nSPS) is 19.4. The summed E-state index contributed by atoms with van der Waals surface area (Å²) in [5.74, 6) is -2.04. The fourth-order valence-corrected chi connectivity index (χ4v) is 5.95. The fourth-order valence-electron chi connectivity index (χ4n) is 5.17. The van der Waals surface area contributed by atoms with Gasteiger partial charge in [0.25, 0.3) is 0 Å². The molecule has 3 N–H and O–H groups in total. The molecule has 2 aliphatic rings. The molecule has 0 bridgehead atoms. The molecular weight excluding hydrogens is 464 g/mol. The summed E-state index contributed by atoms with van der Waals surface area (Å²) in [4.78, 5) is 38.1. The molecule has 1 fully saturated rings. The molecule has 1 saturated carbocycles. The second-order valence-corrected chi connectivity index (χ2v) is 9.89. The largest absolute Gasteiger partial charge is 0.481 e. The third kappa shape index (κ3) is 4.66. The first kappa shape index (κ1) is 23.1. The van der Waals surface area contributed by atoms with E-state index in [1.807, 2.05) is 41.8 Å². The Hall–Kier alpha value is -3.65. The average molecular weight is 491 g/mol. The number of ether oxygens (including phenoxy) is 1. The van der Waals surface area contributed by atoms with E-state index in [0.29, 0.717) is 17.7 Å². The van der Waals surface area contributed by atoms with E-state index >= 15 is 0 Å². The predicted molar refractivity (Wildman–Crippen MR) is 132 cm³/mol. The minimum atomic E-state index is -0.958. The standard InChI is InChI=1S/C27H26N2O5S/c30-25(28-22-12-5-11-20(22)26(31)32)24(23-13-6-14-35-23)29-27(33)34-15-21-18-9-3-1-7-16(18)17-8-2-4-10-19(17)21/h1-4,6-10,13-14,20-22,24H,5,11-12,15H2,(H,28,30)(H,29,33)(H,31,32). The van der Waals surface area contributed by atoms with E-state index < -0.39 is 36.0 Å². The van der Waals surface area contributed by atoms with Gasteiger partial charge in [0, 0.05) is 16.8 Å². The number of carbonyl (C=O) groups is 3. The number of benzene rings is 2. The summed E-state index contributed by atoms with van der Waals surface area (Å²) in [6, 6.07) is 18.3. The van der Waals surface area contributed by atoms with Crippen molar-refractivity contribution in [2.75, 3.05) is 6.61 Å². The van der Waals surface area contributed by atoms with Crippen LogP contribution in [0.2, 0.25) is 0 Å². The molecule has 2 aliphatic carbocycles. The molecule has 1 aromatic heterocycles. The summed E-state index contributed by atoms with van der Waals surface area (Å²) in [5.41, 5.74) is 4.49. The lowest BCUT2D eigenvalue weighted by atomic mass is 9.98. The van der Waals surface area contributed by atoms with Gasteiger partial charge < -0.3 is 20.5 Å². The van der Waals surface area contributed by atoms with Crippen molar-refractivity contribution in [3.63, 3.8) is 0 Å². The van der Waals surface area contributed by atoms with Crippen LogP contribution in [0.5, 0.6) is 0 Å². The zero-order valence-electron chi connectivity index (χ0n) is 19.0. The fraction of sp³-hybridized carbons (Fsp3) is 0.296. The summed E-state index contributed by atoms with van der Waals surface area (Å²) in [7, 11) is 0. The zero-order valence-corrected chi connectivity index (χ0v) is 19.8. The number of thiophene rings is 1. The van der Waals surface area contributed by atoms with Gasteiger partial charge in [-0.3, -0.25) is 9.59 Å². The van der Waals surface area contributed by atoms with Crippen LogP contribution in [0.4, 0.5) is 4.79 Å². The number of carboxylic acids is 1. The molecule has 7 nitrogen and oxygen atoms in total. The Balaban J connectivity index is 1.27. The number of nitrogens with one attached hydrogen (secondary N) is 2. The molecule has 2 amide bonds. The van der Waals surface area contributed by atoms with Crippen molar-refractivity contribution in [2.24, 2.45) is 5.92 Å². The van der Waals surface area contributed by atoms with Crippen LogP contribution in [0.15, 0.2) is 66.0 Å². The minimum absolute atomic E-state index is 0.0861. The molecule has 0 aliphatic heterocycles. The lowest BCUT2D eigenvalue weighted by molar-refractivity contribution is -0.142. The highest BCUT2D eigenvalue weighted by Gasteiger charge is 2.36. The smallest absolute Gasteiger partial charge is 0.408 e. The van der Waals surface area contributed by atoms with Crippen molar-refractivity contribution < 1.29 is 24.2 Å². The Morgan fingerprint density at radius 1 is 0.971 bits per heavy atom. The summed E-state index contributed by atoms with van der Waals surface area (Å²) >= 11 is 1.34. The number of hydrogen-bond acceptors (Lipinski definition) is 5. The summed E-state index contributed by atoms with van der Waals surface area (Å²) in [6.07, 6.45) is 1.18. The molecule has 0 spiro atoms. The molecule has 35 heavy (non-hydrogen) atoms. The van der Waals surface area contributed by atoms with Crippen LogP contribution in [0.1, 0.15) is 47.2 Å². The topological polar surface area (TPSA) is 105 Å². The number of amides is 2. The van der Waals surface area contributed by atoms with Crippen LogP contribution in [0.3, 0.4) is 0 Å². The van der Waals surface area contributed by atoms with E-state index in [0.717, 1.165) is 28.7 Å². The Morgan fingerprint density at radius 3 is 2.29 bits per heavy atom. The van der Waals surface area contributed by atoms with Crippen molar-refractivity contribution in [2.45, 2.75) is 37.3 Å². The molecule has 0 radical (unpaired) electrons. The highest BCUT2D eigenvalue weighted by molar-refractivity contribution is 7.10. The monoisotopic (exact) mass is 490 g/mol. The Bertz CT molecular complexity index is 1200. The Labute approximate surface area is 207 Å². The minimum Gasteiger partial charge on any atom is -0.481 e. The molecule has 180 valence electrons. The van der Waals surface area contributed by atoms with Crippen molar-refractivity contribution in [1.82, 2.24) is 10.6 Å². The molecular formula is C27H26N2O5S. The molecule has 3 atom stereocenters. The van der Waals surface area contributed by atoms with Gasteiger partial charge in [-0.2, -0.15) is 0 Å². The van der Waals surface area contributed by atoms with Gasteiger partial charge in [0.1, 0.15) is 12.6 Å². The summed E-state index contributed by atoms with van der Waals surface area (Å²) in [6.45, 7) is 0.141. The van der Waals surface area contributed by atoms with E-state index in [1.54, 1.807) is 12.1 Å². The van der Waals surface area contributed by atoms with E-state index in [9.17, 15) is 19.5 Å². The molecule has 0 saturated heterocycles. The first-order valence-corrected chi connectivity index (χ1v) is 12.6. The van der Waals surface area contributed by atoms with Crippen LogP contribution in [0, 0.1) is 5.92 Å². The highest BCUT2D eigenvalue weighted by atomic mass is 32.1. The van der Waals surface area contributed by atoms with Crippen molar-refractivity contribution in [3.05, 3.63) is 82.0 Å². The first-order chi connectivity index (χ1) is 17.0. The molecule has 5 rings (SSSR count). The maximum Gasteiger partial charge on any atom is 0.408 e. The number of carbonyl (C=O) groups excluding carboxylic acids is 2. The van der Waals surface area contributed by atoms with Gasteiger partial charge in [0.05, 0.1) is 5.92 Å². The van der Waals surface area contributed by atoms with Gasteiger partial charge in [-0.15, -0.1) is 11.3 Å². The van der Waals surface area contributed by atoms with Gasteiger partial charge in [-0.1, -0.05) is 61.0 Å². The van der Waals surface area contributed by atoms with E-state index in [2.05, 4.69) is 22.8 Å². The van der Waals surface area contributed by atoms with Crippen LogP contribution in [0.25, 0.3) is 11.1 Å². The predicted octanol–water partition coefficient (Wildman–Crippen LogP) is 4.70.